The lowest BCUT2D eigenvalue weighted by molar-refractivity contribution is -0.689. The van der Waals surface area contributed by atoms with Crippen LogP contribution in [0.5, 0.6) is 0 Å². The Bertz CT molecular complexity index is 715. The van der Waals surface area contributed by atoms with Crippen molar-refractivity contribution in [3.8, 4) is 0 Å². The summed E-state index contributed by atoms with van der Waals surface area (Å²) < 4.78 is 2.11. The SMILES string of the molecule is Cc1ncc(C[n+]2csc(CCO)c2C)c(N)n1.Cl.N[C@@H](CS)C(=O)O. The normalized spacial score (nSPS) is 11.1. The molecular formula is C15H25ClN5O3S2+. The molecule has 0 amide bonds. The second-order valence-electron chi connectivity index (χ2n) is 5.29. The number of thiol groups is 1. The van der Waals surface area contributed by atoms with Crippen molar-refractivity contribution in [3.63, 3.8) is 0 Å². The third-order valence-electron chi connectivity index (χ3n) is 3.37. The number of anilines is 1. The first-order valence-corrected chi connectivity index (χ1v) is 9.05. The summed E-state index contributed by atoms with van der Waals surface area (Å²) in [5.41, 5.74) is 14.9. The van der Waals surface area contributed by atoms with Gasteiger partial charge in [0.2, 0.25) is 5.51 Å². The molecule has 26 heavy (non-hydrogen) atoms. The van der Waals surface area contributed by atoms with Crippen LogP contribution in [0.4, 0.5) is 5.82 Å². The first-order chi connectivity index (χ1) is 11.8. The zero-order chi connectivity index (χ0) is 19.0. The van der Waals surface area contributed by atoms with Gasteiger partial charge in [0.15, 0.2) is 12.2 Å². The van der Waals surface area contributed by atoms with Crippen LogP contribution in [0.3, 0.4) is 0 Å². The Hall–Kier alpha value is -1.46. The minimum Gasteiger partial charge on any atom is -0.480 e. The van der Waals surface area contributed by atoms with E-state index in [9.17, 15) is 4.79 Å². The number of aliphatic hydroxyl groups excluding tert-OH is 1. The van der Waals surface area contributed by atoms with Crippen LogP contribution in [0.2, 0.25) is 0 Å². The number of thiazole rings is 1. The summed E-state index contributed by atoms with van der Waals surface area (Å²) in [6.07, 6.45) is 2.47. The lowest BCUT2D eigenvalue weighted by atomic mass is 10.2. The van der Waals surface area contributed by atoms with Gasteiger partial charge >= 0.3 is 5.97 Å². The van der Waals surface area contributed by atoms with E-state index >= 15 is 0 Å². The molecule has 0 radical (unpaired) electrons. The van der Waals surface area contributed by atoms with Gasteiger partial charge in [-0.25, -0.2) is 9.97 Å². The zero-order valence-corrected chi connectivity index (χ0v) is 17.2. The average molecular weight is 423 g/mol. The summed E-state index contributed by atoms with van der Waals surface area (Å²) in [5, 5.41) is 17.0. The summed E-state index contributed by atoms with van der Waals surface area (Å²) >= 11 is 5.30. The molecular weight excluding hydrogens is 398 g/mol. The van der Waals surface area contributed by atoms with Crippen LogP contribution < -0.4 is 16.0 Å². The van der Waals surface area contributed by atoms with E-state index in [1.165, 1.54) is 4.88 Å². The Labute approximate surface area is 168 Å². The number of aromatic nitrogens is 3. The second kappa shape index (κ2) is 12.0. The number of aliphatic hydroxyl groups is 1. The molecule has 2 aromatic rings. The molecule has 0 saturated carbocycles. The number of nitrogens with zero attached hydrogens (tertiary/aromatic N) is 3. The van der Waals surface area contributed by atoms with Crippen molar-refractivity contribution in [1.29, 1.82) is 0 Å². The molecule has 0 aliphatic carbocycles. The average Bonchev–Trinajstić information content (AvgIpc) is 2.91. The van der Waals surface area contributed by atoms with Gasteiger partial charge in [-0.2, -0.15) is 17.2 Å². The van der Waals surface area contributed by atoms with E-state index in [-0.39, 0.29) is 24.8 Å². The molecule has 0 aliphatic rings. The molecule has 0 unspecified atom stereocenters. The molecule has 1 atom stereocenters. The van der Waals surface area contributed by atoms with E-state index < -0.39 is 12.0 Å². The Morgan fingerprint density at radius 2 is 2.12 bits per heavy atom. The van der Waals surface area contributed by atoms with Gasteiger partial charge in [0.05, 0.1) is 10.4 Å². The third-order valence-corrected chi connectivity index (χ3v) is 4.91. The monoisotopic (exact) mass is 422 g/mol. The van der Waals surface area contributed by atoms with Gasteiger partial charge in [-0.1, -0.05) is 11.3 Å². The summed E-state index contributed by atoms with van der Waals surface area (Å²) in [5.74, 6) is 0.401. The van der Waals surface area contributed by atoms with Crippen LogP contribution in [-0.4, -0.2) is 44.6 Å². The van der Waals surface area contributed by atoms with E-state index in [0.717, 1.165) is 11.3 Å². The first kappa shape index (κ1) is 24.5. The molecule has 6 N–H and O–H groups in total. The van der Waals surface area contributed by atoms with Gasteiger partial charge in [-0.15, -0.1) is 12.4 Å². The Morgan fingerprint density at radius 1 is 1.46 bits per heavy atom. The highest BCUT2D eigenvalue weighted by atomic mass is 35.5. The van der Waals surface area contributed by atoms with Crippen molar-refractivity contribution in [2.45, 2.75) is 32.9 Å². The first-order valence-electron chi connectivity index (χ1n) is 7.54. The molecule has 0 bridgehead atoms. The van der Waals surface area contributed by atoms with E-state index in [2.05, 4.69) is 27.2 Å². The molecule has 11 heteroatoms. The van der Waals surface area contributed by atoms with Crippen molar-refractivity contribution in [2.75, 3.05) is 18.1 Å². The van der Waals surface area contributed by atoms with E-state index in [1.54, 1.807) is 17.5 Å². The summed E-state index contributed by atoms with van der Waals surface area (Å²) in [7, 11) is 0. The smallest absolute Gasteiger partial charge is 0.321 e. The number of carboxylic acids is 1. The third kappa shape index (κ3) is 7.42. The molecule has 2 aromatic heterocycles. The number of aliphatic carboxylic acids is 1. The van der Waals surface area contributed by atoms with Gasteiger partial charge in [-0.05, 0) is 6.92 Å². The lowest BCUT2D eigenvalue weighted by Crippen LogP contribution is -2.35. The molecule has 146 valence electrons. The number of hydrogen-bond acceptors (Lipinski definition) is 8. The number of nitrogens with two attached hydrogens (primary N) is 2. The molecule has 0 spiro atoms. The van der Waals surface area contributed by atoms with E-state index in [1.807, 2.05) is 19.4 Å². The molecule has 0 fully saturated rings. The predicted octanol–water partition coefficient (Wildman–Crippen LogP) is 0.358. The zero-order valence-electron chi connectivity index (χ0n) is 14.6. The highest BCUT2D eigenvalue weighted by Crippen LogP contribution is 2.13. The Balaban J connectivity index is 0.000000673. The predicted molar refractivity (Wildman–Crippen MR) is 107 cm³/mol. The topological polar surface area (TPSA) is 139 Å². The number of nitrogen functional groups attached to an aromatic ring is 1. The van der Waals surface area contributed by atoms with Crippen LogP contribution in [0.25, 0.3) is 0 Å². The van der Waals surface area contributed by atoms with Crippen molar-refractivity contribution in [3.05, 3.63) is 33.7 Å². The van der Waals surface area contributed by atoms with E-state index in [0.29, 0.717) is 24.6 Å². The van der Waals surface area contributed by atoms with Crippen LogP contribution in [0, 0.1) is 13.8 Å². The van der Waals surface area contributed by atoms with Gasteiger partial charge < -0.3 is 21.7 Å². The van der Waals surface area contributed by atoms with Crippen LogP contribution in [0.1, 0.15) is 22.0 Å². The summed E-state index contributed by atoms with van der Waals surface area (Å²) in [6, 6.07) is -0.816. The van der Waals surface area contributed by atoms with Gasteiger partial charge in [-0.3, -0.25) is 4.79 Å². The summed E-state index contributed by atoms with van der Waals surface area (Å²) in [4.78, 5) is 19.3. The fourth-order valence-electron chi connectivity index (χ4n) is 1.84. The Morgan fingerprint density at radius 3 is 2.58 bits per heavy atom. The molecule has 0 aliphatic heterocycles. The van der Waals surface area contributed by atoms with Crippen molar-refractivity contribution in [2.24, 2.45) is 5.73 Å². The highest BCUT2D eigenvalue weighted by Gasteiger charge is 2.17. The van der Waals surface area contributed by atoms with Gasteiger partial charge in [0, 0.05) is 31.9 Å². The lowest BCUT2D eigenvalue weighted by Gasteiger charge is -2.01. The minimum atomic E-state index is -1.00. The van der Waals surface area contributed by atoms with Crippen LogP contribution in [-0.2, 0) is 17.8 Å². The highest BCUT2D eigenvalue weighted by molar-refractivity contribution is 7.80. The standard InChI is InChI=1S/C12H17N4OS.C3H7NO2S.ClH/c1-8-11(3-4-17)18-7-16(8)6-10-5-14-9(2)15-12(10)13;4-2(1-7)3(5)6;/h5,7,17H,3-4,6H2,1-2H3,(H2,13,14,15);2,7H,1,4H2,(H,5,6);1H/q+1;;/t;2-;/m.0./s1. The molecule has 0 aromatic carbocycles. The largest absolute Gasteiger partial charge is 0.480 e. The molecule has 2 heterocycles. The molecule has 2 rings (SSSR count). The maximum atomic E-state index is 9.76. The Kier molecular flexibility index (Phi) is 11.3. The number of rotatable bonds is 6. The maximum absolute atomic E-state index is 9.76. The number of carbonyl (C=O) groups is 1. The summed E-state index contributed by atoms with van der Waals surface area (Å²) in [6.45, 7) is 4.71. The fourth-order valence-corrected chi connectivity index (χ4v) is 2.99. The molecule has 8 nitrogen and oxygen atoms in total. The number of halogens is 1. The second-order valence-corrected chi connectivity index (χ2v) is 6.59. The van der Waals surface area contributed by atoms with Crippen molar-refractivity contribution >= 4 is 48.2 Å². The van der Waals surface area contributed by atoms with Crippen LogP contribution >= 0.6 is 36.4 Å². The van der Waals surface area contributed by atoms with Crippen molar-refractivity contribution in [1.82, 2.24) is 9.97 Å². The van der Waals surface area contributed by atoms with Gasteiger partial charge in [0.25, 0.3) is 0 Å². The minimum absolute atomic E-state index is 0. The van der Waals surface area contributed by atoms with Crippen molar-refractivity contribution < 1.29 is 19.6 Å². The van der Waals surface area contributed by atoms with Gasteiger partial charge in [0.1, 0.15) is 17.7 Å². The quantitative estimate of drug-likeness (QED) is 0.334. The fraction of sp³-hybridized carbons (Fsp3) is 0.467. The number of aryl methyl sites for hydroxylation is 1. The van der Waals surface area contributed by atoms with Crippen LogP contribution in [0.15, 0.2) is 11.7 Å². The maximum Gasteiger partial charge on any atom is 0.321 e. The molecule has 0 saturated heterocycles. The number of hydrogen-bond donors (Lipinski definition) is 5. The number of carboxylic acid groups (broad SMARTS) is 1. The van der Waals surface area contributed by atoms with E-state index in [4.69, 9.17) is 21.7 Å².